The zero-order valence-corrected chi connectivity index (χ0v) is 25.6. The first-order valence-electron chi connectivity index (χ1n) is 15.3. The van der Waals surface area contributed by atoms with E-state index in [9.17, 15) is 10.2 Å². The highest BCUT2D eigenvalue weighted by Crippen LogP contribution is 2.50. The van der Waals surface area contributed by atoms with E-state index < -0.39 is 0 Å². The highest BCUT2D eigenvalue weighted by atomic mass is 16.3. The fraction of sp³-hybridized carbons (Fsp3) is 0.474. The predicted molar refractivity (Wildman–Crippen MR) is 171 cm³/mol. The van der Waals surface area contributed by atoms with E-state index in [2.05, 4.69) is 91.1 Å². The molecule has 0 fully saturated rings. The third-order valence-corrected chi connectivity index (χ3v) is 9.47. The molecule has 0 spiro atoms. The Balaban J connectivity index is 1.98. The van der Waals surface area contributed by atoms with Gasteiger partial charge in [-0.15, -0.1) is 13.2 Å². The smallest absolute Gasteiger partial charge is 0.127 e. The van der Waals surface area contributed by atoms with Gasteiger partial charge < -0.3 is 10.2 Å². The van der Waals surface area contributed by atoms with Crippen molar-refractivity contribution in [1.82, 2.24) is 0 Å². The normalized spacial score (nSPS) is 23.2. The van der Waals surface area contributed by atoms with Gasteiger partial charge in [-0.3, -0.25) is 0 Å². The number of aromatic hydroxyl groups is 2. The lowest BCUT2D eigenvalue weighted by Gasteiger charge is -2.35. The van der Waals surface area contributed by atoms with E-state index in [1.54, 1.807) is 0 Å². The number of hydrogen-bond donors (Lipinski definition) is 2. The summed E-state index contributed by atoms with van der Waals surface area (Å²) in [7, 11) is 0. The maximum Gasteiger partial charge on any atom is 0.127 e. The first kappa shape index (κ1) is 30.0. The molecule has 2 aliphatic carbocycles. The molecule has 0 aliphatic heterocycles. The third kappa shape index (κ3) is 6.17. The second kappa shape index (κ2) is 12.7. The average Bonchev–Trinajstić information content (AvgIpc) is 2.90. The van der Waals surface area contributed by atoms with Crippen molar-refractivity contribution in [3.05, 3.63) is 95.1 Å². The first-order chi connectivity index (χ1) is 19.0. The molecule has 2 aliphatic rings. The lowest BCUT2D eigenvalue weighted by molar-refractivity contribution is 0.309. The highest BCUT2D eigenvalue weighted by molar-refractivity contribution is 5.80. The average molecular weight is 539 g/mol. The van der Waals surface area contributed by atoms with Gasteiger partial charge in [0.25, 0.3) is 0 Å². The summed E-state index contributed by atoms with van der Waals surface area (Å²) in [6.07, 6.45) is 14.5. The maximum atomic E-state index is 12.0. The molecule has 0 saturated carbocycles. The van der Waals surface area contributed by atoms with Crippen molar-refractivity contribution in [3.8, 4) is 22.6 Å². The van der Waals surface area contributed by atoms with Crippen molar-refractivity contribution in [3.63, 3.8) is 0 Å². The van der Waals surface area contributed by atoms with E-state index in [0.29, 0.717) is 48.0 Å². The van der Waals surface area contributed by atoms with Crippen LogP contribution < -0.4 is 0 Å². The largest absolute Gasteiger partial charge is 0.507 e. The second-order valence-corrected chi connectivity index (χ2v) is 13.1. The SMILES string of the molecule is C=CCc1cc(-c2cc(CC=C)cc([C@@H]3C=C(C)CC[C@H]3C(C)C)c2O)c(O)c([C@@H]2C=C(C)CC[C@H]2C(C)C)c1. The van der Waals surface area contributed by atoms with Crippen LogP contribution >= 0.6 is 0 Å². The standard InChI is InChI=1S/C38H50O2/c1-9-11-27-19-33(31-17-25(7)13-15-29(31)23(3)4)37(39)35(21-27)36-22-28(12-10-2)20-34(38(36)40)32-18-26(8)14-16-30(32)24(5)6/h9-10,17-24,29-32,39-40H,1-2,11-16H2,3-8H3/t29-,30-,31+,32+/m0/s1. The van der Waals surface area contributed by atoms with Gasteiger partial charge in [0.05, 0.1) is 0 Å². The zero-order chi connectivity index (χ0) is 29.1. The van der Waals surface area contributed by atoms with Gasteiger partial charge >= 0.3 is 0 Å². The van der Waals surface area contributed by atoms with Crippen LogP contribution in [0.1, 0.15) is 101 Å². The summed E-state index contributed by atoms with van der Waals surface area (Å²) in [4.78, 5) is 0. The van der Waals surface area contributed by atoms with Crippen molar-refractivity contribution in [1.29, 1.82) is 0 Å². The Morgan fingerprint density at radius 3 is 1.40 bits per heavy atom. The van der Waals surface area contributed by atoms with Gasteiger partial charge in [-0.2, -0.15) is 0 Å². The molecule has 0 amide bonds. The summed E-state index contributed by atoms with van der Waals surface area (Å²) in [5.74, 6) is 2.80. The lowest BCUT2D eigenvalue weighted by atomic mass is 9.70. The minimum absolute atomic E-state index is 0.143. The van der Waals surface area contributed by atoms with Gasteiger partial charge in [-0.05, 0) is 99.3 Å². The van der Waals surface area contributed by atoms with Gasteiger partial charge in [0.15, 0.2) is 0 Å². The molecule has 2 nitrogen and oxygen atoms in total. The number of benzene rings is 2. The van der Waals surface area contributed by atoms with Gasteiger partial charge in [-0.25, -0.2) is 0 Å². The van der Waals surface area contributed by atoms with E-state index in [1.165, 1.54) is 11.1 Å². The fourth-order valence-electron chi connectivity index (χ4n) is 7.24. The molecule has 40 heavy (non-hydrogen) atoms. The van der Waals surface area contributed by atoms with Crippen molar-refractivity contribution in [2.75, 3.05) is 0 Å². The minimum atomic E-state index is 0.143. The summed E-state index contributed by atoms with van der Waals surface area (Å²) >= 11 is 0. The zero-order valence-electron chi connectivity index (χ0n) is 25.6. The molecule has 0 bridgehead atoms. The monoisotopic (exact) mass is 538 g/mol. The molecule has 0 aromatic heterocycles. The fourth-order valence-corrected chi connectivity index (χ4v) is 7.24. The van der Waals surface area contributed by atoms with Crippen molar-refractivity contribution in [2.45, 2.75) is 91.9 Å². The third-order valence-electron chi connectivity index (χ3n) is 9.47. The summed E-state index contributed by atoms with van der Waals surface area (Å²) < 4.78 is 0. The summed E-state index contributed by atoms with van der Waals surface area (Å²) in [5, 5.41) is 24.0. The Bertz CT molecular complexity index is 1200. The topological polar surface area (TPSA) is 40.5 Å². The minimum Gasteiger partial charge on any atom is -0.507 e. The predicted octanol–water partition coefficient (Wildman–Crippen LogP) is 10.4. The Labute approximate surface area is 243 Å². The van der Waals surface area contributed by atoms with Crippen LogP contribution in [0.3, 0.4) is 0 Å². The van der Waals surface area contributed by atoms with Gasteiger partial charge in [-0.1, -0.05) is 75.3 Å². The summed E-state index contributed by atoms with van der Waals surface area (Å²) in [6, 6.07) is 8.46. The van der Waals surface area contributed by atoms with Crippen LogP contribution in [0.2, 0.25) is 0 Å². The van der Waals surface area contributed by atoms with Gasteiger partial charge in [0, 0.05) is 34.1 Å². The maximum absolute atomic E-state index is 12.0. The Hall–Kier alpha value is -3.00. The first-order valence-corrected chi connectivity index (χ1v) is 15.3. The molecular weight excluding hydrogens is 488 g/mol. The molecule has 0 unspecified atom stereocenters. The van der Waals surface area contributed by atoms with Crippen LogP contribution in [-0.2, 0) is 12.8 Å². The Morgan fingerprint density at radius 1 is 0.700 bits per heavy atom. The molecule has 2 aromatic rings. The van der Waals surface area contributed by atoms with E-state index in [1.807, 2.05) is 12.2 Å². The molecule has 0 saturated heterocycles. The highest BCUT2D eigenvalue weighted by Gasteiger charge is 2.33. The molecule has 0 heterocycles. The summed E-state index contributed by atoms with van der Waals surface area (Å²) in [5.41, 5.74) is 8.36. The molecular formula is C38H50O2. The van der Waals surface area contributed by atoms with E-state index >= 15 is 0 Å². The number of phenolic OH excluding ortho intramolecular Hbond substituents is 2. The van der Waals surface area contributed by atoms with Crippen molar-refractivity contribution in [2.24, 2.45) is 23.7 Å². The van der Waals surface area contributed by atoms with Crippen LogP contribution in [0.4, 0.5) is 0 Å². The molecule has 2 aromatic carbocycles. The van der Waals surface area contributed by atoms with Crippen LogP contribution in [0.15, 0.2) is 72.9 Å². The van der Waals surface area contributed by atoms with Gasteiger partial charge in [0.1, 0.15) is 11.5 Å². The Morgan fingerprint density at radius 2 is 1.07 bits per heavy atom. The quantitative estimate of drug-likeness (QED) is 0.312. The van der Waals surface area contributed by atoms with Crippen LogP contribution in [-0.4, -0.2) is 10.2 Å². The second-order valence-electron chi connectivity index (χ2n) is 13.1. The van der Waals surface area contributed by atoms with E-state index in [0.717, 1.165) is 59.1 Å². The van der Waals surface area contributed by atoms with Crippen molar-refractivity contribution >= 4 is 0 Å². The molecule has 0 radical (unpaired) electrons. The molecule has 4 rings (SSSR count). The molecule has 2 heteroatoms. The number of rotatable bonds is 9. The number of allylic oxidation sites excluding steroid dienone is 6. The molecule has 214 valence electrons. The van der Waals surface area contributed by atoms with Crippen molar-refractivity contribution < 1.29 is 10.2 Å². The summed E-state index contributed by atoms with van der Waals surface area (Å²) in [6.45, 7) is 21.6. The van der Waals surface area contributed by atoms with Crippen LogP contribution in [0.5, 0.6) is 11.5 Å². The number of hydrogen-bond acceptors (Lipinski definition) is 2. The lowest BCUT2D eigenvalue weighted by Crippen LogP contribution is -2.21. The Kier molecular flexibility index (Phi) is 9.49. The van der Waals surface area contributed by atoms with E-state index in [-0.39, 0.29) is 11.8 Å². The van der Waals surface area contributed by atoms with Gasteiger partial charge in [0.2, 0.25) is 0 Å². The van der Waals surface area contributed by atoms with E-state index in [4.69, 9.17) is 0 Å². The van der Waals surface area contributed by atoms with Crippen LogP contribution in [0, 0.1) is 23.7 Å². The van der Waals surface area contributed by atoms with Crippen LogP contribution in [0.25, 0.3) is 11.1 Å². The molecule has 4 atom stereocenters. The molecule has 2 N–H and O–H groups in total. The number of phenols is 2.